The molecule has 94 valence electrons. The summed E-state index contributed by atoms with van der Waals surface area (Å²) in [6.07, 6.45) is 3.69. The highest BCUT2D eigenvalue weighted by molar-refractivity contribution is 7.92. The monoisotopic (exact) mass is 258 g/mol. The van der Waals surface area contributed by atoms with E-state index in [-0.39, 0.29) is 11.6 Å². The molecule has 0 unspecified atom stereocenters. The molecule has 6 nitrogen and oxygen atoms in total. The summed E-state index contributed by atoms with van der Waals surface area (Å²) in [5.74, 6) is -0.612. The molecule has 0 fully saturated rings. The van der Waals surface area contributed by atoms with Gasteiger partial charge in [-0.1, -0.05) is 0 Å². The minimum Gasteiger partial charge on any atom is -0.479 e. The van der Waals surface area contributed by atoms with Crippen molar-refractivity contribution in [1.29, 1.82) is 0 Å². The number of aromatic nitrogens is 2. The number of methoxy groups -OCH3 is 1. The van der Waals surface area contributed by atoms with Crippen LogP contribution in [0.25, 0.3) is 0 Å². The van der Waals surface area contributed by atoms with Crippen LogP contribution in [0, 0.1) is 0 Å². The van der Waals surface area contributed by atoms with E-state index in [4.69, 9.17) is 4.74 Å². The second kappa shape index (κ2) is 4.40. The van der Waals surface area contributed by atoms with Gasteiger partial charge in [0.15, 0.2) is 15.5 Å². The summed E-state index contributed by atoms with van der Waals surface area (Å²) in [5.41, 5.74) is -0.0783. The fourth-order valence-electron chi connectivity index (χ4n) is 1.08. The standard InChI is InChI=1S/C10H14N2O4S/c1-10(2,17(4,14)15)8(13)7-9(16-3)12-6-5-11-7/h5-6H,1-4H3. The zero-order valence-corrected chi connectivity index (χ0v) is 10.9. The van der Waals surface area contributed by atoms with Crippen molar-refractivity contribution in [2.45, 2.75) is 18.6 Å². The molecule has 0 spiro atoms. The summed E-state index contributed by atoms with van der Waals surface area (Å²) < 4.78 is 26.4. The number of Topliss-reactive ketones (excluding diaryl/α,β-unsaturated/α-hetero) is 1. The Bertz CT molecular complexity index is 537. The van der Waals surface area contributed by atoms with Crippen molar-refractivity contribution in [3.05, 3.63) is 18.1 Å². The van der Waals surface area contributed by atoms with Gasteiger partial charge in [0.2, 0.25) is 11.7 Å². The third kappa shape index (κ3) is 2.44. The van der Waals surface area contributed by atoms with Gasteiger partial charge in [-0.25, -0.2) is 18.4 Å². The number of hydrogen-bond donors (Lipinski definition) is 0. The highest BCUT2D eigenvalue weighted by Gasteiger charge is 2.41. The van der Waals surface area contributed by atoms with Crippen molar-refractivity contribution in [2.24, 2.45) is 0 Å². The van der Waals surface area contributed by atoms with Gasteiger partial charge in [0.25, 0.3) is 0 Å². The molecule has 0 amide bonds. The van der Waals surface area contributed by atoms with Crippen molar-refractivity contribution < 1.29 is 17.9 Å². The van der Waals surface area contributed by atoms with Crippen molar-refractivity contribution >= 4 is 15.6 Å². The lowest BCUT2D eigenvalue weighted by atomic mass is 10.1. The number of ether oxygens (including phenoxy) is 1. The zero-order valence-electron chi connectivity index (χ0n) is 10.1. The van der Waals surface area contributed by atoms with Crippen LogP contribution in [0.3, 0.4) is 0 Å². The third-order valence-electron chi connectivity index (χ3n) is 2.55. The number of hydrogen-bond acceptors (Lipinski definition) is 6. The Morgan fingerprint density at radius 1 is 1.29 bits per heavy atom. The lowest BCUT2D eigenvalue weighted by Gasteiger charge is -2.20. The van der Waals surface area contributed by atoms with Gasteiger partial charge in [0.1, 0.15) is 4.75 Å². The minimum absolute atomic E-state index is 0.0224. The maximum atomic E-state index is 12.1. The Morgan fingerprint density at radius 2 is 1.82 bits per heavy atom. The molecule has 0 atom stereocenters. The molecular formula is C10H14N2O4S. The molecule has 0 bridgehead atoms. The number of carbonyl (C=O) groups is 1. The summed E-state index contributed by atoms with van der Waals surface area (Å²) in [6.45, 7) is 2.66. The van der Waals surface area contributed by atoms with E-state index in [0.717, 1.165) is 6.26 Å². The fraction of sp³-hybridized carbons (Fsp3) is 0.500. The first kappa shape index (κ1) is 13.6. The van der Waals surface area contributed by atoms with E-state index in [1.54, 1.807) is 0 Å². The second-order valence-electron chi connectivity index (χ2n) is 4.03. The number of sulfone groups is 1. The van der Waals surface area contributed by atoms with Gasteiger partial charge in [0.05, 0.1) is 7.11 Å². The highest BCUT2D eigenvalue weighted by Crippen LogP contribution is 2.24. The molecule has 0 N–H and O–H groups in total. The molecule has 0 aliphatic carbocycles. The summed E-state index contributed by atoms with van der Waals surface area (Å²) in [6, 6.07) is 0. The Labute approximate surface area is 100.0 Å². The van der Waals surface area contributed by atoms with Gasteiger partial charge in [-0.3, -0.25) is 4.79 Å². The summed E-state index contributed by atoms with van der Waals surface area (Å²) in [5, 5.41) is 0. The molecule has 7 heteroatoms. The molecule has 0 aromatic carbocycles. The molecule has 0 saturated heterocycles. The molecule has 17 heavy (non-hydrogen) atoms. The van der Waals surface area contributed by atoms with E-state index in [1.807, 2.05) is 0 Å². The molecule has 1 heterocycles. The third-order valence-corrected chi connectivity index (χ3v) is 4.59. The SMILES string of the molecule is COc1nccnc1C(=O)C(C)(C)S(C)(=O)=O. The van der Waals surface area contributed by atoms with Crippen molar-refractivity contribution in [2.75, 3.05) is 13.4 Å². The maximum absolute atomic E-state index is 12.1. The molecule has 1 rings (SSSR count). The molecular weight excluding hydrogens is 244 g/mol. The van der Waals surface area contributed by atoms with Gasteiger partial charge < -0.3 is 4.74 Å². The summed E-state index contributed by atoms with van der Waals surface area (Å²) in [4.78, 5) is 19.8. The summed E-state index contributed by atoms with van der Waals surface area (Å²) >= 11 is 0. The topological polar surface area (TPSA) is 86.2 Å². The highest BCUT2D eigenvalue weighted by atomic mass is 32.2. The first-order chi connectivity index (χ1) is 7.71. The van der Waals surface area contributed by atoms with E-state index < -0.39 is 20.4 Å². The van der Waals surface area contributed by atoms with E-state index in [2.05, 4.69) is 9.97 Å². The average molecular weight is 258 g/mol. The molecule has 1 aromatic rings. The van der Waals surface area contributed by atoms with Crippen LogP contribution in [0.1, 0.15) is 24.3 Å². The predicted molar refractivity (Wildman–Crippen MR) is 61.8 cm³/mol. The zero-order chi connectivity index (χ0) is 13.3. The van der Waals surface area contributed by atoms with Crippen LogP contribution in [0.2, 0.25) is 0 Å². The lowest BCUT2D eigenvalue weighted by Crippen LogP contribution is -2.40. The van der Waals surface area contributed by atoms with Gasteiger partial charge in [-0.15, -0.1) is 0 Å². The van der Waals surface area contributed by atoms with Crippen molar-refractivity contribution in [1.82, 2.24) is 9.97 Å². The van der Waals surface area contributed by atoms with Crippen LogP contribution in [0.5, 0.6) is 5.88 Å². The Morgan fingerprint density at radius 3 is 2.29 bits per heavy atom. The van der Waals surface area contributed by atoms with Crippen LogP contribution < -0.4 is 4.74 Å². The Kier molecular flexibility index (Phi) is 3.51. The number of rotatable bonds is 4. The molecule has 1 aromatic heterocycles. The van der Waals surface area contributed by atoms with Crippen LogP contribution >= 0.6 is 0 Å². The quantitative estimate of drug-likeness (QED) is 0.730. The average Bonchev–Trinajstić information content (AvgIpc) is 2.26. The Balaban J connectivity index is 3.31. The molecule has 0 aliphatic rings. The largest absolute Gasteiger partial charge is 0.479 e. The lowest BCUT2D eigenvalue weighted by molar-refractivity contribution is 0.0945. The van der Waals surface area contributed by atoms with Crippen LogP contribution in [0.15, 0.2) is 12.4 Å². The number of nitrogens with zero attached hydrogens (tertiary/aromatic N) is 2. The van der Waals surface area contributed by atoms with Crippen molar-refractivity contribution in [3.8, 4) is 5.88 Å². The van der Waals surface area contributed by atoms with Gasteiger partial charge in [-0.05, 0) is 13.8 Å². The molecule has 0 saturated carbocycles. The van der Waals surface area contributed by atoms with E-state index >= 15 is 0 Å². The van der Waals surface area contributed by atoms with Crippen LogP contribution in [-0.4, -0.2) is 42.3 Å². The predicted octanol–water partition coefficient (Wildman–Crippen LogP) is 0.491. The van der Waals surface area contributed by atoms with Crippen LogP contribution in [0.4, 0.5) is 0 Å². The van der Waals surface area contributed by atoms with E-state index in [1.165, 1.54) is 33.4 Å². The van der Waals surface area contributed by atoms with Crippen LogP contribution in [-0.2, 0) is 9.84 Å². The van der Waals surface area contributed by atoms with E-state index in [0.29, 0.717) is 0 Å². The first-order valence-electron chi connectivity index (χ1n) is 4.81. The summed E-state index contributed by atoms with van der Waals surface area (Å²) in [7, 11) is -2.21. The fourth-order valence-corrected chi connectivity index (χ4v) is 1.52. The molecule has 0 aliphatic heterocycles. The minimum atomic E-state index is -3.55. The smallest absolute Gasteiger partial charge is 0.243 e. The number of ketones is 1. The van der Waals surface area contributed by atoms with Crippen molar-refractivity contribution in [3.63, 3.8) is 0 Å². The molecule has 0 radical (unpaired) electrons. The van der Waals surface area contributed by atoms with E-state index in [9.17, 15) is 13.2 Å². The van der Waals surface area contributed by atoms with Gasteiger partial charge >= 0.3 is 0 Å². The van der Waals surface area contributed by atoms with Gasteiger partial charge in [0, 0.05) is 18.6 Å². The Hall–Kier alpha value is -1.50. The second-order valence-corrected chi connectivity index (χ2v) is 6.59. The van der Waals surface area contributed by atoms with Gasteiger partial charge in [-0.2, -0.15) is 0 Å². The first-order valence-corrected chi connectivity index (χ1v) is 6.70. The normalized spacial score (nSPS) is 12.2. The number of carbonyl (C=O) groups excluding carboxylic acids is 1. The maximum Gasteiger partial charge on any atom is 0.243 e.